The van der Waals surface area contributed by atoms with Gasteiger partial charge in [0.15, 0.2) is 9.84 Å². The van der Waals surface area contributed by atoms with Crippen LogP contribution < -0.4 is 5.32 Å². The van der Waals surface area contributed by atoms with Gasteiger partial charge in [0, 0.05) is 6.04 Å². The van der Waals surface area contributed by atoms with Crippen LogP contribution in [-0.4, -0.2) is 32.5 Å². The molecule has 1 rings (SSSR count). The zero-order valence-electron chi connectivity index (χ0n) is 10.9. The van der Waals surface area contributed by atoms with Gasteiger partial charge < -0.3 is 5.32 Å². The minimum atomic E-state index is -2.92. The Labute approximate surface area is 99.9 Å². The fraction of sp³-hybridized carbons (Fsp3) is 1.00. The minimum Gasteiger partial charge on any atom is -0.315 e. The van der Waals surface area contributed by atoms with Gasteiger partial charge in [-0.25, -0.2) is 8.42 Å². The first-order valence-electron chi connectivity index (χ1n) is 6.16. The van der Waals surface area contributed by atoms with Crippen LogP contribution in [0.3, 0.4) is 0 Å². The first kappa shape index (κ1) is 14.0. The predicted octanol–water partition coefficient (Wildman–Crippen LogP) is 1.98. The highest BCUT2D eigenvalue weighted by atomic mass is 32.2. The molecule has 0 bridgehead atoms. The second kappa shape index (κ2) is 5.05. The summed E-state index contributed by atoms with van der Waals surface area (Å²) in [6, 6.07) is 0.0399. The maximum Gasteiger partial charge on any atom is 0.154 e. The van der Waals surface area contributed by atoms with Gasteiger partial charge >= 0.3 is 0 Å². The predicted molar refractivity (Wildman–Crippen MR) is 68.3 cm³/mol. The van der Waals surface area contributed by atoms with Gasteiger partial charge in [-0.3, -0.25) is 0 Å². The molecule has 96 valence electrons. The summed E-state index contributed by atoms with van der Waals surface area (Å²) < 4.78 is 24.4. The third-order valence-electron chi connectivity index (χ3n) is 3.60. The molecule has 0 radical (unpaired) electrons. The summed E-state index contributed by atoms with van der Waals surface area (Å²) in [7, 11) is -1.07. The summed E-state index contributed by atoms with van der Waals surface area (Å²) >= 11 is 0. The monoisotopic (exact) mass is 247 g/mol. The Morgan fingerprint density at radius 2 is 1.75 bits per heavy atom. The average Bonchev–Trinajstić information content (AvgIpc) is 2.65. The lowest BCUT2D eigenvalue weighted by Gasteiger charge is -2.31. The van der Waals surface area contributed by atoms with Crippen molar-refractivity contribution in [3.63, 3.8) is 0 Å². The molecular formula is C12H25NO2S. The maximum atomic E-state index is 12.2. The molecule has 0 aromatic heterocycles. The number of nitrogens with one attached hydrogen (secondary N) is 1. The Morgan fingerprint density at radius 1 is 1.25 bits per heavy atom. The lowest BCUT2D eigenvalue weighted by Crippen LogP contribution is -2.45. The molecule has 0 heterocycles. The Bertz CT molecular complexity index is 310. The van der Waals surface area contributed by atoms with Crippen LogP contribution in [-0.2, 0) is 9.84 Å². The summed E-state index contributed by atoms with van der Waals surface area (Å²) in [6.07, 6.45) is 3.87. The average molecular weight is 247 g/mol. The van der Waals surface area contributed by atoms with E-state index in [1.165, 1.54) is 0 Å². The van der Waals surface area contributed by atoms with Crippen LogP contribution in [0, 0.1) is 5.41 Å². The zero-order valence-corrected chi connectivity index (χ0v) is 11.7. The Kier molecular flexibility index (Phi) is 4.41. The molecular weight excluding hydrogens is 222 g/mol. The van der Waals surface area contributed by atoms with E-state index in [1.807, 2.05) is 7.05 Å². The molecule has 0 aliphatic heterocycles. The van der Waals surface area contributed by atoms with E-state index in [2.05, 4.69) is 26.1 Å². The summed E-state index contributed by atoms with van der Waals surface area (Å²) in [5, 5.41) is 3.06. The van der Waals surface area contributed by atoms with Gasteiger partial charge in [0.25, 0.3) is 0 Å². The molecule has 1 aliphatic rings. The van der Waals surface area contributed by atoms with Gasteiger partial charge in [-0.15, -0.1) is 0 Å². The molecule has 1 aliphatic carbocycles. The molecule has 0 spiro atoms. The maximum absolute atomic E-state index is 12.2. The van der Waals surface area contributed by atoms with E-state index >= 15 is 0 Å². The van der Waals surface area contributed by atoms with E-state index in [9.17, 15) is 8.42 Å². The smallest absolute Gasteiger partial charge is 0.154 e. The topological polar surface area (TPSA) is 46.2 Å². The summed E-state index contributed by atoms with van der Waals surface area (Å²) in [5.74, 6) is 0.275. The van der Waals surface area contributed by atoms with Crippen molar-refractivity contribution in [2.45, 2.75) is 57.7 Å². The van der Waals surface area contributed by atoms with Crippen molar-refractivity contribution in [2.24, 2.45) is 5.41 Å². The molecule has 1 unspecified atom stereocenters. The van der Waals surface area contributed by atoms with Crippen LogP contribution in [0.2, 0.25) is 0 Å². The van der Waals surface area contributed by atoms with Crippen molar-refractivity contribution in [3.05, 3.63) is 0 Å². The zero-order chi connectivity index (χ0) is 12.4. The normalized spacial score (nSPS) is 21.2. The van der Waals surface area contributed by atoms with Crippen molar-refractivity contribution in [1.29, 1.82) is 0 Å². The third kappa shape index (κ3) is 3.45. The first-order valence-corrected chi connectivity index (χ1v) is 7.88. The lowest BCUT2D eigenvalue weighted by molar-refractivity contribution is 0.301. The minimum absolute atomic E-state index is 0.0135. The van der Waals surface area contributed by atoms with E-state index < -0.39 is 9.84 Å². The molecule has 1 N–H and O–H groups in total. The first-order chi connectivity index (χ1) is 7.27. The second-order valence-electron chi connectivity index (χ2n) is 5.94. The van der Waals surface area contributed by atoms with Gasteiger partial charge in [-0.2, -0.15) is 0 Å². The largest absolute Gasteiger partial charge is 0.315 e. The van der Waals surface area contributed by atoms with Crippen LogP contribution in [0.15, 0.2) is 0 Å². The Hall–Kier alpha value is -0.0900. The molecule has 0 aromatic carbocycles. The molecule has 16 heavy (non-hydrogen) atoms. The number of hydrogen-bond donors (Lipinski definition) is 1. The quantitative estimate of drug-likeness (QED) is 0.826. The Morgan fingerprint density at radius 3 is 2.12 bits per heavy atom. The highest BCUT2D eigenvalue weighted by Gasteiger charge is 2.34. The third-order valence-corrected chi connectivity index (χ3v) is 5.89. The molecule has 3 nitrogen and oxygen atoms in total. The van der Waals surface area contributed by atoms with Gasteiger partial charge in [-0.1, -0.05) is 33.6 Å². The van der Waals surface area contributed by atoms with E-state index in [1.54, 1.807) is 0 Å². The molecule has 0 aromatic rings. The highest BCUT2D eigenvalue weighted by molar-refractivity contribution is 7.92. The summed E-state index contributed by atoms with van der Waals surface area (Å²) in [5.41, 5.74) is -0.0135. The highest BCUT2D eigenvalue weighted by Crippen LogP contribution is 2.28. The number of rotatable bonds is 4. The number of sulfone groups is 1. The van der Waals surface area contributed by atoms with Crippen molar-refractivity contribution in [2.75, 3.05) is 12.8 Å². The van der Waals surface area contributed by atoms with Crippen LogP contribution >= 0.6 is 0 Å². The molecule has 4 heteroatoms. The van der Waals surface area contributed by atoms with Crippen LogP contribution in [0.5, 0.6) is 0 Å². The van der Waals surface area contributed by atoms with Gasteiger partial charge in [-0.05, 0) is 25.3 Å². The van der Waals surface area contributed by atoms with Crippen molar-refractivity contribution < 1.29 is 8.42 Å². The van der Waals surface area contributed by atoms with Crippen molar-refractivity contribution in [3.8, 4) is 0 Å². The number of hydrogen-bond acceptors (Lipinski definition) is 3. The van der Waals surface area contributed by atoms with Crippen LogP contribution in [0.1, 0.15) is 46.5 Å². The van der Waals surface area contributed by atoms with Crippen LogP contribution in [0.4, 0.5) is 0 Å². The van der Waals surface area contributed by atoms with E-state index in [0.29, 0.717) is 0 Å². The molecule has 0 saturated heterocycles. The van der Waals surface area contributed by atoms with Crippen molar-refractivity contribution in [1.82, 2.24) is 5.32 Å². The molecule has 1 saturated carbocycles. The fourth-order valence-electron chi connectivity index (χ4n) is 2.38. The van der Waals surface area contributed by atoms with Crippen LogP contribution in [0.25, 0.3) is 0 Å². The van der Waals surface area contributed by atoms with Gasteiger partial charge in [0.2, 0.25) is 0 Å². The summed E-state index contributed by atoms with van der Waals surface area (Å²) in [6.45, 7) is 6.25. The lowest BCUT2D eigenvalue weighted by atomic mass is 9.88. The SMILES string of the molecule is CNC(CS(=O)(=O)C1CCCC1)C(C)(C)C. The second-order valence-corrected chi connectivity index (χ2v) is 8.27. The van der Waals surface area contributed by atoms with E-state index in [0.717, 1.165) is 25.7 Å². The van der Waals surface area contributed by atoms with Gasteiger partial charge in [0.05, 0.1) is 11.0 Å². The summed E-state index contributed by atoms with van der Waals surface area (Å²) in [4.78, 5) is 0. The fourth-order valence-corrected chi connectivity index (χ4v) is 4.84. The standard InChI is InChI=1S/C12H25NO2S/c1-12(2,3)11(13-4)9-16(14,15)10-7-5-6-8-10/h10-11,13H,5-9H2,1-4H3. The molecule has 1 atom stereocenters. The van der Waals surface area contributed by atoms with Crippen molar-refractivity contribution >= 4 is 9.84 Å². The van der Waals surface area contributed by atoms with E-state index in [-0.39, 0.29) is 22.5 Å². The Balaban J connectivity index is 2.70. The van der Waals surface area contributed by atoms with Gasteiger partial charge in [0.1, 0.15) is 0 Å². The molecule has 0 amide bonds. The molecule has 1 fully saturated rings. The van der Waals surface area contributed by atoms with E-state index in [4.69, 9.17) is 0 Å².